The smallest absolute Gasteiger partial charge is 0.0948 e. The molecule has 2 aromatic rings. The van der Waals surface area contributed by atoms with Crippen molar-refractivity contribution in [1.29, 1.82) is 0 Å². The maximum Gasteiger partial charge on any atom is 0.0948 e. The van der Waals surface area contributed by atoms with Crippen LogP contribution in [0.5, 0.6) is 0 Å². The second kappa shape index (κ2) is 6.55. The predicted octanol–water partition coefficient (Wildman–Crippen LogP) is 4.08. The Bertz CT molecular complexity index is 543. The predicted molar refractivity (Wildman–Crippen MR) is 86.5 cm³/mol. The zero-order valence-corrected chi connectivity index (χ0v) is 13.9. The van der Waals surface area contributed by atoms with E-state index in [1.54, 1.807) is 0 Å². The van der Waals surface area contributed by atoms with E-state index >= 15 is 0 Å². The molecule has 0 aliphatic rings. The zero-order chi connectivity index (χ0) is 14.6. The van der Waals surface area contributed by atoms with Crippen LogP contribution in [-0.4, -0.2) is 9.55 Å². The van der Waals surface area contributed by atoms with Gasteiger partial charge in [-0.1, -0.05) is 35.0 Å². The van der Waals surface area contributed by atoms with E-state index in [-0.39, 0.29) is 5.54 Å². The van der Waals surface area contributed by atoms with Crippen molar-refractivity contribution in [2.45, 2.75) is 45.8 Å². The molecule has 2 rings (SSSR count). The molecule has 108 valence electrons. The van der Waals surface area contributed by atoms with Crippen LogP contribution < -0.4 is 5.32 Å². The van der Waals surface area contributed by atoms with Gasteiger partial charge in [0.05, 0.1) is 12.0 Å². The number of nitrogens with one attached hydrogen (secondary N) is 1. The van der Waals surface area contributed by atoms with Crippen LogP contribution in [0.25, 0.3) is 0 Å². The molecule has 0 unspecified atom stereocenters. The maximum absolute atomic E-state index is 4.24. The van der Waals surface area contributed by atoms with E-state index < -0.39 is 0 Å². The molecule has 0 amide bonds. The van der Waals surface area contributed by atoms with Gasteiger partial charge >= 0.3 is 0 Å². The Morgan fingerprint density at radius 2 is 1.95 bits per heavy atom. The monoisotopic (exact) mass is 335 g/mol. The average molecular weight is 336 g/mol. The molecule has 3 nitrogen and oxygen atoms in total. The molecule has 1 aromatic carbocycles. The van der Waals surface area contributed by atoms with Crippen LogP contribution in [0.2, 0.25) is 0 Å². The van der Waals surface area contributed by atoms with Crippen molar-refractivity contribution in [3.8, 4) is 0 Å². The Morgan fingerprint density at radius 3 is 2.60 bits per heavy atom. The zero-order valence-electron chi connectivity index (χ0n) is 12.4. The minimum absolute atomic E-state index is 0.0674. The highest BCUT2D eigenvalue weighted by Gasteiger charge is 2.20. The molecule has 0 saturated carbocycles. The van der Waals surface area contributed by atoms with E-state index in [1.165, 1.54) is 11.3 Å². The summed E-state index contributed by atoms with van der Waals surface area (Å²) in [6.07, 6.45) is 4.98. The number of aromatic nitrogens is 2. The quantitative estimate of drug-likeness (QED) is 0.861. The van der Waals surface area contributed by atoms with Gasteiger partial charge in [-0.25, -0.2) is 4.98 Å². The summed E-state index contributed by atoms with van der Waals surface area (Å²) in [5.74, 6) is 0. The van der Waals surface area contributed by atoms with Gasteiger partial charge < -0.3 is 9.88 Å². The second-order valence-electron chi connectivity index (χ2n) is 5.56. The highest BCUT2D eigenvalue weighted by atomic mass is 79.9. The van der Waals surface area contributed by atoms with E-state index in [0.717, 1.165) is 24.0 Å². The third-order valence-electron chi connectivity index (χ3n) is 3.54. The van der Waals surface area contributed by atoms with Crippen LogP contribution in [-0.2, 0) is 18.6 Å². The summed E-state index contributed by atoms with van der Waals surface area (Å²) in [5, 5.41) is 3.62. The van der Waals surface area contributed by atoms with Crippen molar-refractivity contribution in [2.24, 2.45) is 0 Å². The standard InChI is InChI=1S/C16H22BrN3/c1-4-9-20-12-18-10-15(20)11-19-16(2,3)13-5-7-14(17)8-6-13/h5-8,10,12,19H,4,9,11H2,1-3H3. The molecule has 0 saturated heterocycles. The number of hydrogen-bond donors (Lipinski definition) is 1. The number of benzene rings is 1. The second-order valence-corrected chi connectivity index (χ2v) is 6.48. The van der Waals surface area contributed by atoms with Crippen molar-refractivity contribution in [1.82, 2.24) is 14.9 Å². The molecule has 0 radical (unpaired) electrons. The lowest BCUT2D eigenvalue weighted by Gasteiger charge is -2.27. The van der Waals surface area contributed by atoms with Crippen LogP contribution in [0.3, 0.4) is 0 Å². The van der Waals surface area contributed by atoms with Gasteiger partial charge in [0.1, 0.15) is 0 Å². The number of halogens is 1. The summed E-state index contributed by atoms with van der Waals surface area (Å²) < 4.78 is 3.32. The number of aryl methyl sites for hydroxylation is 1. The third kappa shape index (κ3) is 3.70. The molecule has 1 N–H and O–H groups in total. The van der Waals surface area contributed by atoms with Gasteiger partial charge in [0.25, 0.3) is 0 Å². The van der Waals surface area contributed by atoms with Crippen molar-refractivity contribution in [3.05, 3.63) is 52.5 Å². The number of imidazole rings is 1. The Balaban J connectivity index is 2.05. The van der Waals surface area contributed by atoms with Crippen molar-refractivity contribution in [2.75, 3.05) is 0 Å². The minimum Gasteiger partial charge on any atom is -0.333 e. The molecule has 20 heavy (non-hydrogen) atoms. The largest absolute Gasteiger partial charge is 0.333 e. The van der Waals surface area contributed by atoms with Crippen molar-refractivity contribution < 1.29 is 0 Å². The first-order chi connectivity index (χ1) is 9.53. The third-order valence-corrected chi connectivity index (χ3v) is 4.07. The van der Waals surface area contributed by atoms with Crippen LogP contribution >= 0.6 is 15.9 Å². The van der Waals surface area contributed by atoms with E-state index in [4.69, 9.17) is 0 Å². The maximum atomic E-state index is 4.24. The minimum atomic E-state index is -0.0674. The summed E-state index contributed by atoms with van der Waals surface area (Å²) in [7, 11) is 0. The van der Waals surface area contributed by atoms with Gasteiger partial charge in [-0.05, 0) is 38.0 Å². The fourth-order valence-corrected chi connectivity index (χ4v) is 2.48. The molecule has 1 aromatic heterocycles. The molecule has 0 bridgehead atoms. The summed E-state index contributed by atoms with van der Waals surface area (Å²) in [6, 6.07) is 8.47. The molecule has 0 aliphatic heterocycles. The van der Waals surface area contributed by atoms with Gasteiger partial charge in [-0.3, -0.25) is 0 Å². The molecule has 0 atom stereocenters. The molecule has 4 heteroatoms. The normalized spacial score (nSPS) is 11.8. The molecule has 1 heterocycles. The Labute approximate surface area is 129 Å². The van der Waals surface area contributed by atoms with Crippen molar-refractivity contribution in [3.63, 3.8) is 0 Å². The topological polar surface area (TPSA) is 29.9 Å². The van der Waals surface area contributed by atoms with Gasteiger partial charge in [-0.2, -0.15) is 0 Å². The van der Waals surface area contributed by atoms with E-state index in [0.29, 0.717) is 0 Å². The van der Waals surface area contributed by atoms with Crippen LogP contribution in [0.1, 0.15) is 38.4 Å². The van der Waals surface area contributed by atoms with E-state index in [2.05, 4.69) is 75.8 Å². The molecule has 0 spiro atoms. The summed E-state index contributed by atoms with van der Waals surface area (Å²) in [4.78, 5) is 4.24. The lowest BCUT2D eigenvalue weighted by atomic mass is 9.94. The van der Waals surface area contributed by atoms with Crippen molar-refractivity contribution >= 4 is 15.9 Å². The first kappa shape index (κ1) is 15.3. The number of rotatable bonds is 6. The lowest BCUT2D eigenvalue weighted by Crippen LogP contribution is -2.36. The highest BCUT2D eigenvalue weighted by Crippen LogP contribution is 2.22. The summed E-state index contributed by atoms with van der Waals surface area (Å²) in [5.41, 5.74) is 2.45. The fraction of sp³-hybridized carbons (Fsp3) is 0.438. The number of hydrogen-bond acceptors (Lipinski definition) is 2. The SMILES string of the molecule is CCCn1cncc1CNC(C)(C)c1ccc(Br)cc1. The van der Waals surface area contributed by atoms with Gasteiger partial charge in [0.15, 0.2) is 0 Å². The highest BCUT2D eigenvalue weighted by molar-refractivity contribution is 9.10. The summed E-state index contributed by atoms with van der Waals surface area (Å²) >= 11 is 3.48. The number of nitrogens with zero attached hydrogens (tertiary/aromatic N) is 2. The Morgan fingerprint density at radius 1 is 1.25 bits per heavy atom. The van der Waals surface area contributed by atoms with Gasteiger partial charge in [0, 0.05) is 29.3 Å². The molecule has 0 aliphatic carbocycles. The lowest BCUT2D eigenvalue weighted by molar-refractivity contribution is 0.393. The van der Waals surface area contributed by atoms with E-state index in [9.17, 15) is 0 Å². The molecular formula is C16H22BrN3. The van der Waals surface area contributed by atoms with Crippen LogP contribution in [0.4, 0.5) is 0 Å². The average Bonchev–Trinajstić information content (AvgIpc) is 2.85. The first-order valence-electron chi connectivity index (χ1n) is 7.03. The van der Waals surface area contributed by atoms with Crippen LogP contribution in [0, 0.1) is 0 Å². The molecule has 0 fully saturated rings. The Kier molecular flexibility index (Phi) is 5.00. The fourth-order valence-electron chi connectivity index (χ4n) is 2.22. The molecular weight excluding hydrogens is 314 g/mol. The van der Waals surface area contributed by atoms with Gasteiger partial charge in [-0.15, -0.1) is 0 Å². The van der Waals surface area contributed by atoms with Gasteiger partial charge in [0.2, 0.25) is 0 Å². The Hall–Kier alpha value is -1.13. The first-order valence-corrected chi connectivity index (χ1v) is 7.82. The van der Waals surface area contributed by atoms with Crippen LogP contribution in [0.15, 0.2) is 41.3 Å². The van der Waals surface area contributed by atoms with E-state index in [1.807, 2.05) is 12.5 Å². The summed E-state index contributed by atoms with van der Waals surface area (Å²) in [6.45, 7) is 8.44.